The quantitative estimate of drug-likeness (QED) is 0.258. The van der Waals surface area contributed by atoms with Crippen LogP contribution in [0.2, 0.25) is 0 Å². The van der Waals surface area contributed by atoms with Crippen LogP contribution < -0.4 is 20.3 Å². The number of aromatic carboxylic acids is 1. The second kappa shape index (κ2) is 11.6. The van der Waals surface area contributed by atoms with Gasteiger partial charge in [-0.25, -0.2) is 4.79 Å². The largest absolute Gasteiger partial charge is 0.495 e. The standard InChI is InChI=1S/C29H27N5O5S/c1-38-17-25(35)31-22-16-20(12-13-24(22)39-2)34-27(26(32-29(34)40)21-6-3-4-14-30-21)23-7-5-15-33(23)19-10-8-18(9-11-19)28(36)37/h3-16,26-27H,17H2,1-2H3,(H,31,35)(H,32,40)(H,36,37)/t26-,27+/m0/s1. The second-order valence-corrected chi connectivity index (χ2v) is 9.40. The van der Waals surface area contributed by atoms with Crippen molar-refractivity contribution in [2.45, 2.75) is 12.1 Å². The van der Waals surface area contributed by atoms with E-state index in [1.807, 2.05) is 58.1 Å². The molecule has 40 heavy (non-hydrogen) atoms. The van der Waals surface area contributed by atoms with Gasteiger partial charge in [-0.05, 0) is 78.9 Å². The van der Waals surface area contributed by atoms with Crippen LogP contribution >= 0.6 is 12.2 Å². The number of methoxy groups -OCH3 is 2. The van der Waals surface area contributed by atoms with Gasteiger partial charge in [0.2, 0.25) is 5.91 Å². The van der Waals surface area contributed by atoms with E-state index in [0.717, 1.165) is 22.8 Å². The number of thiocarbonyl (C=S) groups is 1. The average Bonchev–Trinajstić information content (AvgIpc) is 3.58. The Labute approximate surface area is 236 Å². The van der Waals surface area contributed by atoms with Crippen LogP contribution in [0.4, 0.5) is 11.4 Å². The molecule has 5 rings (SSSR count). The molecule has 0 radical (unpaired) electrons. The van der Waals surface area contributed by atoms with Crippen LogP contribution in [0, 0.1) is 0 Å². The Morgan fingerprint density at radius 2 is 1.82 bits per heavy atom. The number of benzene rings is 2. The number of nitrogens with zero attached hydrogens (tertiary/aromatic N) is 3. The maximum absolute atomic E-state index is 12.3. The fraction of sp³-hybridized carbons (Fsp3) is 0.172. The predicted molar refractivity (Wildman–Crippen MR) is 154 cm³/mol. The summed E-state index contributed by atoms with van der Waals surface area (Å²) in [6.45, 7) is -0.102. The highest BCUT2D eigenvalue weighted by molar-refractivity contribution is 7.80. The molecule has 1 aliphatic heterocycles. The van der Waals surface area contributed by atoms with E-state index >= 15 is 0 Å². The SMILES string of the molecule is COCC(=O)Nc1cc(N2C(=S)N[C@@H](c3ccccn3)[C@H]2c2cccn2-c2ccc(C(=O)O)cc2)ccc1OC. The van der Waals surface area contributed by atoms with Crippen molar-refractivity contribution in [3.63, 3.8) is 0 Å². The monoisotopic (exact) mass is 557 g/mol. The third kappa shape index (κ3) is 5.24. The van der Waals surface area contributed by atoms with Gasteiger partial charge in [0.05, 0.1) is 30.1 Å². The number of rotatable bonds is 9. The van der Waals surface area contributed by atoms with E-state index in [9.17, 15) is 14.7 Å². The summed E-state index contributed by atoms with van der Waals surface area (Å²) in [6.07, 6.45) is 3.66. The molecule has 1 fully saturated rings. The van der Waals surface area contributed by atoms with Crippen LogP contribution in [0.25, 0.3) is 5.69 Å². The zero-order chi connectivity index (χ0) is 28.2. The molecule has 0 spiro atoms. The Hall–Kier alpha value is -4.74. The smallest absolute Gasteiger partial charge is 0.335 e. The Balaban J connectivity index is 1.62. The molecule has 3 heterocycles. The summed E-state index contributed by atoms with van der Waals surface area (Å²) in [4.78, 5) is 30.3. The molecule has 10 nitrogen and oxygen atoms in total. The molecule has 204 valence electrons. The molecule has 1 saturated heterocycles. The summed E-state index contributed by atoms with van der Waals surface area (Å²) >= 11 is 5.86. The number of carbonyl (C=O) groups excluding carboxylic acids is 1. The highest BCUT2D eigenvalue weighted by Crippen LogP contribution is 2.43. The summed E-state index contributed by atoms with van der Waals surface area (Å²) in [7, 11) is 2.99. The first-order valence-corrected chi connectivity index (χ1v) is 12.8. The van der Waals surface area contributed by atoms with E-state index in [2.05, 4.69) is 15.6 Å². The first-order valence-electron chi connectivity index (χ1n) is 12.4. The molecule has 2 aromatic carbocycles. The number of ether oxygens (including phenoxy) is 2. The van der Waals surface area contributed by atoms with Gasteiger partial charge in [0.25, 0.3) is 0 Å². The number of anilines is 2. The van der Waals surface area contributed by atoms with Gasteiger partial charge in [0.15, 0.2) is 5.11 Å². The number of carboxylic acids is 1. The predicted octanol–water partition coefficient (Wildman–Crippen LogP) is 4.34. The fourth-order valence-corrected chi connectivity index (χ4v) is 5.18. The number of carboxylic acid groups (broad SMARTS) is 1. The number of hydrogen-bond acceptors (Lipinski definition) is 6. The van der Waals surface area contributed by atoms with Crippen molar-refractivity contribution in [2.75, 3.05) is 31.0 Å². The van der Waals surface area contributed by atoms with Crippen molar-refractivity contribution in [3.8, 4) is 11.4 Å². The molecule has 2 aromatic heterocycles. The van der Waals surface area contributed by atoms with Gasteiger partial charge in [-0.2, -0.15) is 0 Å². The number of carbonyl (C=O) groups is 2. The fourth-order valence-electron chi connectivity index (χ4n) is 4.83. The first kappa shape index (κ1) is 26.9. The first-order chi connectivity index (χ1) is 19.4. The minimum Gasteiger partial charge on any atom is -0.495 e. The highest BCUT2D eigenvalue weighted by atomic mass is 32.1. The lowest BCUT2D eigenvalue weighted by atomic mass is 10.0. The maximum Gasteiger partial charge on any atom is 0.335 e. The summed E-state index contributed by atoms with van der Waals surface area (Å²) in [5.41, 5.74) is 3.90. The van der Waals surface area contributed by atoms with E-state index in [1.165, 1.54) is 14.2 Å². The van der Waals surface area contributed by atoms with Crippen molar-refractivity contribution in [1.82, 2.24) is 14.9 Å². The average molecular weight is 558 g/mol. The van der Waals surface area contributed by atoms with Crippen LogP contribution in [-0.4, -0.2) is 52.5 Å². The van der Waals surface area contributed by atoms with E-state index in [4.69, 9.17) is 21.7 Å². The van der Waals surface area contributed by atoms with Gasteiger partial charge in [-0.3, -0.25) is 9.78 Å². The lowest BCUT2D eigenvalue weighted by Gasteiger charge is -2.29. The minimum absolute atomic E-state index is 0.102. The number of amides is 1. The van der Waals surface area contributed by atoms with E-state index in [0.29, 0.717) is 16.5 Å². The van der Waals surface area contributed by atoms with Gasteiger partial charge in [0.1, 0.15) is 18.4 Å². The molecule has 2 atom stereocenters. The number of pyridine rings is 1. The Morgan fingerprint density at radius 1 is 1.05 bits per heavy atom. The molecule has 11 heteroatoms. The maximum atomic E-state index is 12.3. The summed E-state index contributed by atoms with van der Waals surface area (Å²) in [5.74, 6) is -0.813. The van der Waals surface area contributed by atoms with Crippen LogP contribution in [0.15, 0.2) is 85.2 Å². The summed E-state index contributed by atoms with van der Waals surface area (Å²) in [6, 6.07) is 21.1. The van der Waals surface area contributed by atoms with Crippen LogP contribution in [-0.2, 0) is 9.53 Å². The molecular weight excluding hydrogens is 530 g/mol. The molecule has 1 aliphatic rings. The molecule has 0 aliphatic carbocycles. The van der Waals surface area contributed by atoms with E-state index < -0.39 is 5.97 Å². The third-order valence-corrected chi connectivity index (χ3v) is 6.90. The van der Waals surface area contributed by atoms with Crippen LogP contribution in [0.3, 0.4) is 0 Å². The molecule has 1 amide bonds. The van der Waals surface area contributed by atoms with Gasteiger partial charge in [0, 0.05) is 36.6 Å². The second-order valence-electron chi connectivity index (χ2n) is 9.02. The minimum atomic E-state index is -0.987. The van der Waals surface area contributed by atoms with Gasteiger partial charge < -0.3 is 34.7 Å². The lowest BCUT2D eigenvalue weighted by molar-refractivity contribution is -0.119. The summed E-state index contributed by atoms with van der Waals surface area (Å²) < 4.78 is 12.4. The van der Waals surface area contributed by atoms with Crippen molar-refractivity contribution in [1.29, 1.82) is 0 Å². The topological polar surface area (TPSA) is 118 Å². The Morgan fingerprint density at radius 3 is 2.50 bits per heavy atom. The normalized spacial score (nSPS) is 16.4. The van der Waals surface area contributed by atoms with Gasteiger partial charge in [-0.15, -0.1) is 0 Å². The molecule has 3 N–H and O–H groups in total. The van der Waals surface area contributed by atoms with Gasteiger partial charge >= 0.3 is 5.97 Å². The molecule has 0 saturated carbocycles. The molecule has 0 unspecified atom stereocenters. The van der Waals surface area contributed by atoms with Crippen molar-refractivity contribution >= 4 is 40.6 Å². The van der Waals surface area contributed by atoms with Gasteiger partial charge in [-0.1, -0.05) is 6.07 Å². The molecule has 0 bridgehead atoms. The van der Waals surface area contributed by atoms with E-state index in [-0.39, 0.29) is 30.2 Å². The van der Waals surface area contributed by atoms with E-state index in [1.54, 1.807) is 36.5 Å². The van der Waals surface area contributed by atoms with Crippen molar-refractivity contribution in [2.24, 2.45) is 0 Å². The zero-order valence-electron chi connectivity index (χ0n) is 21.8. The lowest BCUT2D eigenvalue weighted by Crippen LogP contribution is -2.30. The zero-order valence-corrected chi connectivity index (χ0v) is 22.6. The van der Waals surface area contributed by atoms with Crippen molar-refractivity contribution < 1.29 is 24.2 Å². The van der Waals surface area contributed by atoms with Crippen LogP contribution in [0.1, 0.15) is 33.8 Å². The number of aromatic nitrogens is 2. The van der Waals surface area contributed by atoms with Crippen molar-refractivity contribution in [3.05, 3.63) is 102 Å². The molecule has 4 aromatic rings. The molecular formula is C29H27N5O5S. The Bertz CT molecular complexity index is 1540. The Kier molecular flexibility index (Phi) is 7.76. The highest BCUT2D eigenvalue weighted by Gasteiger charge is 2.42. The number of hydrogen-bond donors (Lipinski definition) is 3. The summed E-state index contributed by atoms with van der Waals surface area (Å²) in [5, 5.41) is 16.1. The van der Waals surface area contributed by atoms with Crippen LogP contribution in [0.5, 0.6) is 5.75 Å². The third-order valence-electron chi connectivity index (χ3n) is 6.58. The number of nitrogens with one attached hydrogen (secondary N) is 2.